The summed E-state index contributed by atoms with van der Waals surface area (Å²) in [6.45, 7) is 5.49. The van der Waals surface area contributed by atoms with Crippen LogP contribution in [-0.2, 0) is 6.54 Å². The summed E-state index contributed by atoms with van der Waals surface area (Å²) in [6, 6.07) is 10.7. The van der Waals surface area contributed by atoms with Crippen LogP contribution in [0.3, 0.4) is 0 Å². The second-order valence-electron chi connectivity index (χ2n) is 6.37. The van der Waals surface area contributed by atoms with Crippen LogP contribution in [0.25, 0.3) is 10.9 Å². The maximum absolute atomic E-state index is 13.0. The van der Waals surface area contributed by atoms with Gasteiger partial charge in [0.05, 0.1) is 16.5 Å². The maximum atomic E-state index is 13.0. The van der Waals surface area contributed by atoms with Crippen molar-refractivity contribution < 1.29 is 14.3 Å². The zero-order valence-electron chi connectivity index (χ0n) is 14.7. The van der Waals surface area contributed by atoms with Gasteiger partial charge in [0.2, 0.25) is 5.43 Å². The van der Waals surface area contributed by atoms with Crippen molar-refractivity contribution in [1.82, 2.24) is 4.57 Å². The van der Waals surface area contributed by atoms with Crippen molar-refractivity contribution in [1.29, 1.82) is 0 Å². The summed E-state index contributed by atoms with van der Waals surface area (Å²) in [5.74, 6) is 0.903. The fraction of sp³-hybridized carbons (Fsp3) is 0.238. The van der Waals surface area contributed by atoms with Gasteiger partial charge in [-0.15, -0.1) is 0 Å². The molecule has 0 N–H and O–H groups in total. The van der Waals surface area contributed by atoms with E-state index < -0.39 is 0 Å². The Balaban J connectivity index is 1.93. The number of pyridine rings is 1. The number of fused-ring (bicyclic) bond motifs is 2. The summed E-state index contributed by atoms with van der Waals surface area (Å²) in [4.78, 5) is 25.9. The van der Waals surface area contributed by atoms with Gasteiger partial charge in [0.15, 0.2) is 17.3 Å². The van der Waals surface area contributed by atoms with Crippen molar-refractivity contribution in [3.63, 3.8) is 0 Å². The molecule has 0 fully saturated rings. The SMILES string of the molecule is CCn1cc(C(=O)c2ccc(C)cc2)c(=O)c2cc3c(cc21)OCCO3. The molecule has 5 heteroatoms. The molecule has 1 aliphatic heterocycles. The van der Waals surface area contributed by atoms with Gasteiger partial charge >= 0.3 is 0 Å². The Morgan fingerprint density at radius 2 is 1.73 bits per heavy atom. The van der Waals surface area contributed by atoms with Gasteiger partial charge in [-0.1, -0.05) is 29.8 Å². The Hall–Kier alpha value is -3.08. The fourth-order valence-corrected chi connectivity index (χ4v) is 3.21. The Kier molecular flexibility index (Phi) is 3.99. The molecule has 0 saturated carbocycles. The molecule has 0 saturated heterocycles. The van der Waals surface area contributed by atoms with Crippen LogP contribution in [0.15, 0.2) is 47.4 Å². The Bertz CT molecular complexity index is 1060. The van der Waals surface area contributed by atoms with E-state index in [2.05, 4.69) is 0 Å². The van der Waals surface area contributed by atoms with E-state index in [9.17, 15) is 9.59 Å². The van der Waals surface area contributed by atoms with E-state index in [1.165, 1.54) is 0 Å². The van der Waals surface area contributed by atoms with Gasteiger partial charge in [-0.25, -0.2) is 0 Å². The quantitative estimate of drug-likeness (QED) is 0.681. The van der Waals surface area contributed by atoms with Crippen molar-refractivity contribution in [3.05, 3.63) is 69.5 Å². The molecule has 0 unspecified atom stereocenters. The van der Waals surface area contributed by atoms with Crippen LogP contribution in [-0.4, -0.2) is 23.6 Å². The molecule has 0 bridgehead atoms. The van der Waals surface area contributed by atoms with Gasteiger partial charge < -0.3 is 14.0 Å². The maximum Gasteiger partial charge on any atom is 0.200 e. The first-order chi connectivity index (χ1) is 12.6. The van der Waals surface area contributed by atoms with Crippen LogP contribution in [0.5, 0.6) is 11.5 Å². The van der Waals surface area contributed by atoms with E-state index in [1.54, 1.807) is 24.4 Å². The number of aromatic nitrogens is 1. The zero-order chi connectivity index (χ0) is 18.3. The number of benzene rings is 2. The minimum Gasteiger partial charge on any atom is -0.486 e. The lowest BCUT2D eigenvalue weighted by atomic mass is 10.0. The standard InChI is InChI=1S/C21H19NO4/c1-3-22-12-16(20(23)14-6-4-13(2)5-7-14)21(24)15-10-18-19(11-17(15)22)26-9-8-25-18/h4-7,10-12H,3,8-9H2,1-2H3. The van der Waals surface area contributed by atoms with E-state index in [0.29, 0.717) is 42.2 Å². The Morgan fingerprint density at radius 1 is 1.08 bits per heavy atom. The van der Waals surface area contributed by atoms with Crippen LogP contribution >= 0.6 is 0 Å². The van der Waals surface area contributed by atoms with Crippen molar-refractivity contribution in [2.45, 2.75) is 20.4 Å². The molecule has 5 nitrogen and oxygen atoms in total. The number of carbonyl (C=O) groups excluding carboxylic acids is 1. The third-order valence-corrected chi connectivity index (χ3v) is 4.64. The molecule has 1 aromatic heterocycles. The molecule has 0 atom stereocenters. The molecule has 3 aromatic rings. The van der Waals surface area contributed by atoms with Crippen molar-refractivity contribution in [2.24, 2.45) is 0 Å². The van der Waals surface area contributed by atoms with Crippen LogP contribution in [0, 0.1) is 6.92 Å². The van der Waals surface area contributed by atoms with E-state index in [4.69, 9.17) is 9.47 Å². The van der Waals surface area contributed by atoms with Gasteiger partial charge in [-0.2, -0.15) is 0 Å². The number of rotatable bonds is 3. The molecule has 0 spiro atoms. The Labute approximate surface area is 150 Å². The lowest BCUT2D eigenvalue weighted by Gasteiger charge is -2.20. The number of ether oxygens (including phenoxy) is 2. The molecule has 132 valence electrons. The second-order valence-corrected chi connectivity index (χ2v) is 6.37. The minimum atomic E-state index is -0.285. The number of hydrogen-bond donors (Lipinski definition) is 0. The van der Waals surface area contributed by atoms with E-state index in [1.807, 2.05) is 36.6 Å². The Morgan fingerprint density at radius 3 is 2.38 bits per heavy atom. The lowest BCUT2D eigenvalue weighted by molar-refractivity contribution is 0.103. The summed E-state index contributed by atoms with van der Waals surface area (Å²) in [5, 5.41) is 0.467. The second kappa shape index (κ2) is 6.33. The molecule has 26 heavy (non-hydrogen) atoms. The van der Waals surface area contributed by atoms with Crippen LogP contribution in [0.4, 0.5) is 0 Å². The smallest absolute Gasteiger partial charge is 0.200 e. The predicted octanol–water partition coefficient (Wildman–Crippen LogP) is 3.33. The van der Waals surface area contributed by atoms with Crippen molar-refractivity contribution >= 4 is 16.7 Å². The molecular weight excluding hydrogens is 330 g/mol. The first-order valence-corrected chi connectivity index (χ1v) is 8.66. The summed E-state index contributed by atoms with van der Waals surface area (Å²) in [5.41, 5.74) is 2.19. The van der Waals surface area contributed by atoms with Gasteiger partial charge in [0.25, 0.3) is 0 Å². The molecule has 2 aromatic carbocycles. The van der Waals surface area contributed by atoms with E-state index in [-0.39, 0.29) is 16.8 Å². The van der Waals surface area contributed by atoms with Gasteiger partial charge in [-0.3, -0.25) is 9.59 Å². The fourth-order valence-electron chi connectivity index (χ4n) is 3.21. The molecule has 4 rings (SSSR count). The molecule has 0 radical (unpaired) electrons. The topological polar surface area (TPSA) is 57.5 Å². The van der Waals surface area contributed by atoms with E-state index >= 15 is 0 Å². The predicted molar refractivity (Wildman–Crippen MR) is 99.5 cm³/mol. The third kappa shape index (κ3) is 2.65. The van der Waals surface area contributed by atoms with Crippen molar-refractivity contribution in [3.8, 4) is 11.5 Å². The average Bonchev–Trinajstić information content (AvgIpc) is 2.67. The largest absolute Gasteiger partial charge is 0.486 e. The van der Waals surface area contributed by atoms with Gasteiger partial charge in [-0.05, 0) is 19.9 Å². The zero-order valence-corrected chi connectivity index (χ0v) is 14.7. The highest BCUT2D eigenvalue weighted by molar-refractivity contribution is 6.10. The highest BCUT2D eigenvalue weighted by atomic mass is 16.6. The number of aryl methyl sites for hydroxylation is 2. The monoisotopic (exact) mass is 349 g/mol. The number of nitrogens with zero attached hydrogens (tertiary/aromatic N) is 1. The summed E-state index contributed by atoms with van der Waals surface area (Å²) < 4.78 is 13.1. The minimum absolute atomic E-state index is 0.167. The molecule has 2 heterocycles. The van der Waals surface area contributed by atoms with Gasteiger partial charge in [0.1, 0.15) is 13.2 Å². The van der Waals surface area contributed by atoms with Crippen LogP contribution < -0.4 is 14.9 Å². The third-order valence-electron chi connectivity index (χ3n) is 4.64. The number of ketones is 1. The molecular formula is C21H19NO4. The number of carbonyl (C=O) groups is 1. The average molecular weight is 349 g/mol. The highest BCUT2D eigenvalue weighted by Crippen LogP contribution is 2.33. The first-order valence-electron chi connectivity index (χ1n) is 8.66. The summed E-state index contributed by atoms with van der Waals surface area (Å²) in [6.07, 6.45) is 1.64. The lowest BCUT2D eigenvalue weighted by Crippen LogP contribution is -2.21. The summed E-state index contributed by atoms with van der Waals surface area (Å²) in [7, 11) is 0. The normalized spacial score (nSPS) is 13.0. The first kappa shape index (κ1) is 16.4. The van der Waals surface area contributed by atoms with Gasteiger partial charge in [0, 0.05) is 24.4 Å². The summed E-state index contributed by atoms with van der Waals surface area (Å²) >= 11 is 0. The number of hydrogen-bond acceptors (Lipinski definition) is 4. The molecule has 1 aliphatic rings. The molecule has 0 amide bonds. The van der Waals surface area contributed by atoms with E-state index in [0.717, 1.165) is 11.1 Å². The van der Waals surface area contributed by atoms with Crippen molar-refractivity contribution in [2.75, 3.05) is 13.2 Å². The van der Waals surface area contributed by atoms with Crippen LogP contribution in [0.1, 0.15) is 28.4 Å². The highest BCUT2D eigenvalue weighted by Gasteiger charge is 2.20. The molecule has 0 aliphatic carbocycles. The van der Waals surface area contributed by atoms with Crippen LogP contribution in [0.2, 0.25) is 0 Å².